The van der Waals surface area contributed by atoms with Gasteiger partial charge in [0.2, 0.25) is 5.91 Å². The van der Waals surface area contributed by atoms with Crippen molar-refractivity contribution >= 4 is 22.8 Å². The van der Waals surface area contributed by atoms with Crippen LogP contribution in [-0.4, -0.2) is 38.9 Å². The van der Waals surface area contributed by atoms with E-state index in [1.807, 2.05) is 29.8 Å². The average Bonchev–Trinajstić information content (AvgIpc) is 2.87. The first-order valence-corrected chi connectivity index (χ1v) is 7.56. The molecule has 2 aromatic rings. The number of piperidine rings is 1. The number of hydrogen-bond donors (Lipinski definition) is 1. The van der Waals surface area contributed by atoms with Gasteiger partial charge in [0.15, 0.2) is 0 Å². The number of likely N-dealkylation sites (tertiary alicyclic amines) is 1. The second-order valence-corrected chi connectivity index (χ2v) is 5.88. The summed E-state index contributed by atoms with van der Waals surface area (Å²) in [7, 11) is 1.92. The van der Waals surface area contributed by atoms with Crippen LogP contribution < -0.4 is 5.73 Å². The second kappa shape index (κ2) is 5.79. The summed E-state index contributed by atoms with van der Waals surface area (Å²) in [5, 5.41) is 0. The second-order valence-electron chi connectivity index (χ2n) is 5.88. The zero-order valence-electron chi connectivity index (χ0n) is 12.7. The Bertz CT molecular complexity index is 722. The molecule has 3 rings (SSSR count). The van der Waals surface area contributed by atoms with Gasteiger partial charge in [0.1, 0.15) is 0 Å². The van der Waals surface area contributed by atoms with Gasteiger partial charge in [-0.1, -0.05) is 0 Å². The lowest BCUT2D eigenvalue weighted by Gasteiger charge is -2.35. The summed E-state index contributed by atoms with van der Waals surface area (Å²) in [5.74, 6) is -0.400. The van der Waals surface area contributed by atoms with Crippen molar-refractivity contribution in [2.24, 2.45) is 12.8 Å². The highest BCUT2D eigenvalue weighted by molar-refractivity contribution is 5.97. The highest BCUT2D eigenvalue weighted by atomic mass is 16.2. The summed E-state index contributed by atoms with van der Waals surface area (Å²) in [6.45, 7) is 0.678. The predicted octanol–water partition coefficient (Wildman–Crippen LogP) is 1.44. The van der Waals surface area contributed by atoms with E-state index in [0.717, 1.165) is 30.3 Å². The van der Waals surface area contributed by atoms with Gasteiger partial charge in [-0.3, -0.25) is 9.59 Å². The number of aryl methyl sites for hydroxylation is 1. The first-order valence-electron chi connectivity index (χ1n) is 7.56. The van der Waals surface area contributed by atoms with E-state index in [-0.39, 0.29) is 24.3 Å². The summed E-state index contributed by atoms with van der Waals surface area (Å²) >= 11 is 0. The largest absolute Gasteiger partial charge is 0.370 e. The van der Waals surface area contributed by atoms with Crippen LogP contribution >= 0.6 is 0 Å². The number of primary amides is 1. The van der Waals surface area contributed by atoms with Crippen molar-refractivity contribution in [2.45, 2.75) is 31.7 Å². The van der Waals surface area contributed by atoms with Crippen LogP contribution in [0.2, 0.25) is 0 Å². The maximum Gasteiger partial charge on any atom is 0.254 e. The van der Waals surface area contributed by atoms with Crippen LogP contribution in [0.1, 0.15) is 36.0 Å². The number of carbonyl (C=O) groups excluding carboxylic acids is 2. The van der Waals surface area contributed by atoms with Gasteiger partial charge in [-0.25, -0.2) is 4.98 Å². The number of benzene rings is 1. The van der Waals surface area contributed by atoms with Crippen molar-refractivity contribution in [3.63, 3.8) is 0 Å². The van der Waals surface area contributed by atoms with Gasteiger partial charge in [0, 0.05) is 31.6 Å². The molecule has 1 aliphatic heterocycles. The topological polar surface area (TPSA) is 81.2 Å². The SMILES string of the molecule is Cn1cnc2cc(C(=O)N3CCCCC3CC(N)=O)ccc21. The van der Waals surface area contributed by atoms with Crippen molar-refractivity contribution in [1.29, 1.82) is 0 Å². The molecule has 0 radical (unpaired) electrons. The molecule has 1 aromatic heterocycles. The van der Waals surface area contributed by atoms with Gasteiger partial charge in [-0.15, -0.1) is 0 Å². The Morgan fingerprint density at radius 3 is 2.95 bits per heavy atom. The average molecular weight is 300 g/mol. The van der Waals surface area contributed by atoms with E-state index in [0.29, 0.717) is 12.1 Å². The summed E-state index contributed by atoms with van der Waals surface area (Å²) in [4.78, 5) is 30.1. The molecule has 6 nitrogen and oxygen atoms in total. The lowest BCUT2D eigenvalue weighted by Crippen LogP contribution is -2.45. The minimum Gasteiger partial charge on any atom is -0.370 e. The molecule has 1 saturated heterocycles. The molecule has 116 valence electrons. The third kappa shape index (κ3) is 2.68. The minimum atomic E-state index is -0.357. The molecule has 0 aliphatic carbocycles. The molecule has 1 atom stereocenters. The van der Waals surface area contributed by atoms with Crippen LogP contribution in [0.15, 0.2) is 24.5 Å². The molecule has 0 saturated carbocycles. The Balaban J connectivity index is 1.87. The molecular weight excluding hydrogens is 280 g/mol. The molecule has 1 fully saturated rings. The molecule has 0 bridgehead atoms. The summed E-state index contributed by atoms with van der Waals surface area (Å²) in [6, 6.07) is 5.46. The molecule has 0 spiro atoms. The Morgan fingerprint density at radius 2 is 2.18 bits per heavy atom. The molecule has 2 amide bonds. The molecule has 1 unspecified atom stereocenters. The smallest absolute Gasteiger partial charge is 0.254 e. The number of aromatic nitrogens is 2. The molecule has 6 heteroatoms. The molecule has 1 aliphatic rings. The number of nitrogens with zero attached hydrogens (tertiary/aromatic N) is 3. The lowest BCUT2D eigenvalue weighted by molar-refractivity contribution is -0.119. The maximum absolute atomic E-state index is 12.8. The zero-order chi connectivity index (χ0) is 15.7. The number of nitrogens with two attached hydrogens (primary N) is 1. The van der Waals surface area contributed by atoms with Crippen molar-refractivity contribution in [1.82, 2.24) is 14.5 Å². The Labute approximate surface area is 128 Å². The fourth-order valence-corrected chi connectivity index (χ4v) is 3.15. The van der Waals surface area contributed by atoms with Crippen molar-refractivity contribution in [3.8, 4) is 0 Å². The molecule has 2 N–H and O–H groups in total. The molecule has 1 aromatic carbocycles. The van der Waals surface area contributed by atoms with E-state index in [4.69, 9.17) is 5.73 Å². The first-order chi connectivity index (χ1) is 10.6. The minimum absolute atomic E-state index is 0.0431. The number of carbonyl (C=O) groups is 2. The molecule has 22 heavy (non-hydrogen) atoms. The molecule has 2 heterocycles. The van der Waals surface area contributed by atoms with E-state index in [1.54, 1.807) is 11.2 Å². The highest BCUT2D eigenvalue weighted by Gasteiger charge is 2.28. The van der Waals surface area contributed by atoms with Crippen LogP contribution in [-0.2, 0) is 11.8 Å². The van der Waals surface area contributed by atoms with E-state index in [1.165, 1.54) is 0 Å². The van der Waals surface area contributed by atoms with E-state index in [2.05, 4.69) is 4.98 Å². The summed E-state index contributed by atoms with van der Waals surface area (Å²) in [6.07, 6.45) is 4.79. The maximum atomic E-state index is 12.8. The highest BCUT2D eigenvalue weighted by Crippen LogP contribution is 2.23. The third-order valence-electron chi connectivity index (χ3n) is 4.30. The van der Waals surface area contributed by atoms with Gasteiger partial charge in [-0.2, -0.15) is 0 Å². The quantitative estimate of drug-likeness (QED) is 0.931. The van der Waals surface area contributed by atoms with Gasteiger partial charge in [0.05, 0.1) is 17.4 Å². The van der Waals surface area contributed by atoms with Crippen molar-refractivity contribution in [2.75, 3.05) is 6.54 Å². The van der Waals surface area contributed by atoms with Gasteiger partial charge < -0.3 is 15.2 Å². The third-order valence-corrected chi connectivity index (χ3v) is 4.30. The summed E-state index contributed by atoms with van der Waals surface area (Å²) < 4.78 is 1.92. The van der Waals surface area contributed by atoms with Gasteiger partial charge >= 0.3 is 0 Å². The monoisotopic (exact) mass is 300 g/mol. The number of fused-ring (bicyclic) bond motifs is 1. The zero-order valence-corrected chi connectivity index (χ0v) is 12.7. The lowest BCUT2D eigenvalue weighted by atomic mass is 9.98. The van der Waals surface area contributed by atoms with E-state index in [9.17, 15) is 9.59 Å². The van der Waals surface area contributed by atoms with Crippen LogP contribution in [0.25, 0.3) is 11.0 Å². The van der Waals surface area contributed by atoms with Crippen molar-refractivity contribution in [3.05, 3.63) is 30.1 Å². The van der Waals surface area contributed by atoms with Crippen LogP contribution in [0.3, 0.4) is 0 Å². The van der Waals surface area contributed by atoms with Crippen LogP contribution in [0, 0.1) is 0 Å². The Morgan fingerprint density at radius 1 is 1.36 bits per heavy atom. The number of hydrogen-bond acceptors (Lipinski definition) is 3. The van der Waals surface area contributed by atoms with E-state index >= 15 is 0 Å². The van der Waals surface area contributed by atoms with E-state index < -0.39 is 0 Å². The number of amides is 2. The number of rotatable bonds is 3. The van der Waals surface area contributed by atoms with Crippen LogP contribution in [0.4, 0.5) is 0 Å². The fraction of sp³-hybridized carbons (Fsp3) is 0.438. The predicted molar refractivity (Wildman–Crippen MR) is 83.2 cm³/mol. The number of imidazole rings is 1. The van der Waals surface area contributed by atoms with Crippen molar-refractivity contribution < 1.29 is 9.59 Å². The summed E-state index contributed by atoms with van der Waals surface area (Å²) in [5.41, 5.74) is 7.72. The van der Waals surface area contributed by atoms with Gasteiger partial charge in [-0.05, 0) is 37.5 Å². The normalized spacial score (nSPS) is 18.6. The van der Waals surface area contributed by atoms with Crippen LogP contribution in [0.5, 0.6) is 0 Å². The standard InChI is InChI=1S/C16H20N4O2/c1-19-10-18-13-8-11(5-6-14(13)19)16(22)20-7-3-2-4-12(20)9-15(17)21/h5-6,8,10,12H,2-4,7,9H2,1H3,(H2,17,21). The molecular formula is C16H20N4O2. The fourth-order valence-electron chi connectivity index (χ4n) is 3.15. The first kappa shape index (κ1) is 14.6. The Kier molecular flexibility index (Phi) is 3.83. The van der Waals surface area contributed by atoms with Gasteiger partial charge in [0.25, 0.3) is 5.91 Å². The Hall–Kier alpha value is -2.37.